The lowest BCUT2D eigenvalue weighted by atomic mass is 10.1. The van der Waals surface area contributed by atoms with Crippen molar-refractivity contribution < 1.29 is 14.8 Å². The molecule has 0 aliphatic carbocycles. The van der Waals surface area contributed by atoms with E-state index in [0.29, 0.717) is 17.7 Å². The molecule has 1 aromatic rings. The maximum atomic E-state index is 12.3. The molecule has 1 aliphatic heterocycles. The molecule has 1 atom stereocenters. The van der Waals surface area contributed by atoms with Crippen molar-refractivity contribution in [2.75, 3.05) is 13.2 Å². The monoisotopic (exact) mass is 264 g/mol. The maximum Gasteiger partial charge on any atom is 0.273 e. The number of carbonyl (C=O) groups is 1. The van der Waals surface area contributed by atoms with E-state index in [1.165, 1.54) is 6.07 Å². The summed E-state index contributed by atoms with van der Waals surface area (Å²) in [5.41, 5.74) is 0.782. The van der Waals surface area contributed by atoms with Crippen LogP contribution in [0.2, 0.25) is 0 Å². The number of hydrogen-bond acceptors (Lipinski definition) is 4. The van der Waals surface area contributed by atoms with Gasteiger partial charge in [-0.15, -0.1) is 0 Å². The van der Waals surface area contributed by atoms with Gasteiger partial charge in [0.15, 0.2) is 0 Å². The first-order chi connectivity index (χ1) is 9.04. The summed E-state index contributed by atoms with van der Waals surface area (Å²) in [5, 5.41) is 20.1. The van der Waals surface area contributed by atoms with E-state index < -0.39 is 4.92 Å². The third-order valence-corrected chi connectivity index (χ3v) is 3.50. The van der Waals surface area contributed by atoms with E-state index in [9.17, 15) is 20.0 Å². The van der Waals surface area contributed by atoms with E-state index in [1.54, 1.807) is 24.0 Å². The third kappa shape index (κ3) is 2.58. The highest BCUT2D eigenvalue weighted by Crippen LogP contribution is 2.23. The molecule has 1 heterocycles. The summed E-state index contributed by atoms with van der Waals surface area (Å²) in [6.45, 7) is 2.16. The van der Waals surface area contributed by atoms with Crippen molar-refractivity contribution in [3.63, 3.8) is 0 Å². The van der Waals surface area contributed by atoms with Crippen molar-refractivity contribution >= 4 is 11.6 Å². The Morgan fingerprint density at radius 2 is 2.32 bits per heavy atom. The van der Waals surface area contributed by atoms with Crippen molar-refractivity contribution in [3.05, 3.63) is 39.4 Å². The molecule has 2 rings (SSSR count). The van der Waals surface area contributed by atoms with Crippen LogP contribution in [0.3, 0.4) is 0 Å². The number of aliphatic hydroxyl groups excluding tert-OH is 1. The molecular weight excluding hydrogens is 248 g/mol. The van der Waals surface area contributed by atoms with Crippen LogP contribution in [0, 0.1) is 17.0 Å². The molecule has 0 unspecified atom stereocenters. The number of nitrogens with zero attached hydrogens (tertiary/aromatic N) is 2. The predicted molar refractivity (Wildman–Crippen MR) is 69.0 cm³/mol. The number of benzene rings is 1. The maximum absolute atomic E-state index is 12.3. The average molecular weight is 264 g/mol. The molecule has 1 amide bonds. The Morgan fingerprint density at radius 3 is 2.95 bits per heavy atom. The van der Waals surface area contributed by atoms with Crippen LogP contribution in [-0.4, -0.2) is 40.0 Å². The summed E-state index contributed by atoms with van der Waals surface area (Å²) in [7, 11) is 0. The highest BCUT2D eigenvalue weighted by atomic mass is 16.6. The third-order valence-electron chi connectivity index (χ3n) is 3.50. The van der Waals surface area contributed by atoms with Crippen LogP contribution in [-0.2, 0) is 0 Å². The van der Waals surface area contributed by atoms with Crippen LogP contribution in [0.4, 0.5) is 5.69 Å². The van der Waals surface area contributed by atoms with Gasteiger partial charge >= 0.3 is 0 Å². The molecule has 0 saturated carbocycles. The van der Waals surface area contributed by atoms with Crippen molar-refractivity contribution in [1.82, 2.24) is 4.90 Å². The summed E-state index contributed by atoms with van der Waals surface area (Å²) >= 11 is 0. The zero-order valence-electron chi connectivity index (χ0n) is 10.7. The minimum Gasteiger partial charge on any atom is -0.394 e. The van der Waals surface area contributed by atoms with Gasteiger partial charge in [-0.3, -0.25) is 14.9 Å². The van der Waals surface area contributed by atoms with Crippen molar-refractivity contribution in [2.24, 2.45) is 0 Å². The number of hydrogen-bond donors (Lipinski definition) is 1. The summed E-state index contributed by atoms with van der Waals surface area (Å²) in [4.78, 5) is 24.3. The largest absolute Gasteiger partial charge is 0.394 e. The molecule has 1 fully saturated rings. The van der Waals surface area contributed by atoms with E-state index in [0.717, 1.165) is 12.8 Å². The standard InChI is InChI=1S/C13H16N2O4/c1-9-4-5-10(7-12(9)15(18)19)13(17)14-6-2-3-11(14)8-16/h4-5,7,11,16H,2-3,6,8H2,1H3/t11-/m1/s1. The average Bonchev–Trinajstić information content (AvgIpc) is 2.86. The quantitative estimate of drug-likeness (QED) is 0.662. The lowest BCUT2D eigenvalue weighted by Gasteiger charge is -2.23. The molecule has 102 valence electrons. The molecule has 0 radical (unpaired) electrons. The van der Waals surface area contributed by atoms with Crippen LogP contribution >= 0.6 is 0 Å². The molecule has 1 saturated heterocycles. The Hall–Kier alpha value is -1.95. The van der Waals surface area contributed by atoms with Gasteiger partial charge in [0.2, 0.25) is 0 Å². The van der Waals surface area contributed by atoms with Gasteiger partial charge in [-0.2, -0.15) is 0 Å². The number of rotatable bonds is 3. The van der Waals surface area contributed by atoms with E-state index >= 15 is 0 Å². The van der Waals surface area contributed by atoms with Gasteiger partial charge in [-0.05, 0) is 25.8 Å². The van der Waals surface area contributed by atoms with Gasteiger partial charge in [0.05, 0.1) is 17.6 Å². The second-order valence-electron chi connectivity index (χ2n) is 4.74. The Morgan fingerprint density at radius 1 is 1.58 bits per heavy atom. The molecule has 1 aromatic carbocycles. The summed E-state index contributed by atoms with van der Waals surface area (Å²) < 4.78 is 0. The number of carbonyl (C=O) groups excluding carboxylic acids is 1. The minimum absolute atomic E-state index is 0.0504. The van der Waals surface area contributed by atoms with Crippen molar-refractivity contribution in [2.45, 2.75) is 25.8 Å². The van der Waals surface area contributed by atoms with Crippen LogP contribution in [0.25, 0.3) is 0 Å². The number of nitro groups is 1. The van der Waals surface area contributed by atoms with Gasteiger partial charge < -0.3 is 10.0 Å². The zero-order valence-corrected chi connectivity index (χ0v) is 10.7. The SMILES string of the molecule is Cc1ccc(C(=O)N2CCC[C@@H]2CO)cc1[N+](=O)[O-]. The Kier molecular flexibility index (Phi) is 3.80. The zero-order chi connectivity index (χ0) is 14.0. The number of aryl methyl sites for hydroxylation is 1. The lowest BCUT2D eigenvalue weighted by molar-refractivity contribution is -0.385. The first kappa shape index (κ1) is 13.5. The second-order valence-corrected chi connectivity index (χ2v) is 4.74. The normalized spacial score (nSPS) is 18.6. The summed E-state index contributed by atoms with van der Waals surface area (Å²) in [6, 6.07) is 4.31. The first-order valence-corrected chi connectivity index (χ1v) is 6.21. The lowest BCUT2D eigenvalue weighted by Crippen LogP contribution is -2.37. The fourth-order valence-corrected chi connectivity index (χ4v) is 2.40. The molecule has 0 aromatic heterocycles. The highest BCUT2D eigenvalue weighted by molar-refractivity contribution is 5.95. The molecular formula is C13H16N2O4. The molecule has 6 heteroatoms. The van der Waals surface area contributed by atoms with Gasteiger partial charge in [0.25, 0.3) is 11.6 Å². The highest BCUT2D eigenvalue weighted by Gasteiger charge is 2.29. The molecule has 1 aliphatic rings. The number of likely N-dealkylation sites (tertiary alicyclic amines) is 1. The van der Waals surface area contributed by atoms with Crippen molar-refractivity contribution in [1.29, 1.82) is 0 Å². The molecule has 0 spiro atoms. The molecule has 0 bridgehead atoms. The second kappa shape index (κ2) is 5.36. The topological polar surface area (TPSA) is 83.7 Å². The molecule has 19 heavy (non-hydrogen) atoms. The smallest absolute Gasteiger partial charge is 0.273 e. The van der Waals surface area contributed by atoms with E-state index in [4.69, 9.17) is 0 Å². The first-order valence-electron chi connectivity index (χ1n) is 6.21. The van der Waals surface area contributed by atoms with Crippen molar-refractivity contribution in [3.8, 4) is 0 Å². The Labute approximate surface area is 110 Å². The molecule has 6 nitrogen and oxygen atoms in total. The van der Waals surface area contributed by atoms with Gasteiger partial charge in [0, 0.05) is 23.7 Å². The van der Waals surface area contributed by atoms with Crippen LogP contribution in [0.1, 0.15) is 28.8 Å². The van der Waals surface area contributed by atoms with E-state index in [-0.39, 0.29) is 24.2 Å². The van der Waals surface area contributed by atoms with E-state index in [1.807, 2.05) is 0 Å². The van der Waals surface area contributed by atoms with E-state index in [2.05, 4.69) is 0 Å². The fraction of sp³-hybridized carbons (Fsp3) is 0.462. The molecule has 1 N–H and O–H groups in total. The van der Waals surface area contributed by atoms with Crippen LogP contribution < -0.4 is 0 Å². The number of nitro benzene ring substituents is 1. The summed E-state index contributed by atoms with van der Waals surface area (Å²) in [6.07, 6.45) is 1.63. The van der Waals surface area contributed by atoms with Gasteiger partial charge in [-0.1, -0.05) is 6.07 Å². The summed E-state index contributed by atoms with van der Waals surface area (Å²) in [5.74, 6) is -0.250. The minimum atomic E-state index is -0.486. The van der Waals surface area contributed by atoms with Gasteiger partial charge in [-0.25, -0.2) is 0 Å². The number of aliphatic hydroxyl groups is 1. The fourth-order valence-electron chi connectivity index (χ4n) is 2.40. The number of amides is 1. The van der Waals surface area contributed by atoms with Gasteiger partial charge in [0.1, 0.15) is 0 Å². The predicted octanol–water partition coefficient (Wildman–Crippen LogP) is 1.50. The van der Waals surface area contributed by atoms with Crippen LogP contribution in [0.15, 0.2) is 18.2 Å². The Balaban J connectivity index is 2.29. The van der Waals surface area contributed by atoms with Crippen LogP contribution in [0.5, 0.6) is 0 Å². The Bertz CT molecular complexity index is 515.